The van der Waals surface area contributed by atoms with Gasteiger partial charge in [0.2, 0.25) is 11.7 Å². The third-order valence-corrected chi connectivity index (χ3v) is 4.84. The molecule has 0 aliphatic heterocycles. The highest BCUT2D eigenvalue weighted by molar-refractivity contribution is 6.31. The van der Waals surface area contributed by atoms with Gasteiger partial charge in [-0.25, -0.2) is 19.0 Å². The van der Waals surface area contributed by atoms with Crippen molar-refractivity contribution in [2.24, 2.45) is 0 Å². The van der Waals surface area contributed by atoms with E-state index in [0.717, 1.165) is 12.1 Å². The number of carbonyl (C=O) groups excluding carboxylic acids is 2. The number of urea groups is 1. The van der Waals surface area contributed by atoms with E-state index in [0.29, 0.717) is 6.92 Å². The van der Waals surface area contributed by atoms with Crippen LogP contribution in [0.15, 0.2) is 34.9 Å². The molecule has 1 heterocycles. The minimum Gasteiger partial charge on any atom is -0.339 e. The number of amides is 3. The van der Waals surface area contributed by atoms with Crippen LogP contribution < -0.4 is 16.2 Å². The molecule has 3 amide bonds. The molecular formula is C21H18ClF4N5O3. The maximum atomic E-state index is 14.9. The number of hydrazine groups is 1. The van der Waals surface area contributed by atoms with Gasteiger partial charge >= 0.3 is 17.9 Å². The molecule has 13 heteroatoms. The lowest BCUT2D eigenvalue weighted by Gasteiger charge is -2.18. The van der Waals surface area contributed by atoms with E-state index in [9.17, 15) is 27.2 Å². The number of carbonyl (C=O) groups is 2. The van der Waals surface area contributed by atoms with Crippen LogP contribution in [0.4, 0.5) is 22.4 Å². The first kappa shape index (κ1) is 25.0. The van der Waals surface area contributed by atoms with E-state index in [4.69, 9.17) is 16.1 Å². The van der Waals surface area contributed by atoms with Gasteiger partial charge in [-0.3, -0.25) is 10.2 Å². The Morgan fingerprint density at radius 3 is 2.41 bits per heavy atom. The number of nitrogens with one attached hydrogen (secondary N) is 3. The molecule has 0 saturated carbocycles. The molecule has 0 saturated heterocycles. The molecule has 3 rings (SSSR count). The van der Waals surface area contributed by atoms with Gasteiger partial charge in [0.15, 0.2) is 0 Å². The fraction of sp³-hybridized carbons (Fsp3) is 0.238. The fourth-order valence-corrected chi connectivity index (χ4v) is 3.21. The van der Waals surface area contributed by atoms with E-state index in [1.807, 2.05) is 0 Å². The average Bonchev–Trinajstić information content (AvgIpc) is 3.16. The lowest BCUT2D eigenvalue weighted by atomic mass is 9.96. The molecule has 0 aliphatic carbocycles. The van der Waals surface area contributed by atoms with Gasteiger partial charge in [-0.15, -0.1) is 0 Å². The summed E-state index contributed by atoms with van der Waals surface area (Å²) in [5.41, 5.74) is 3.75. The predicted molar refractivity (Wildman–Crippen MR) is 114 cm³/mol. The smallest absolute Gasteiger partial charge is 0.333 e. The third kappa shape index (κ3) is 5.63. The van der Waals surface area contributed by atoms with Gasteiger partial charge in [0.05, 0.1) is 11.6 Å². The molecule has 2 aromatic carbocycles. The van der Waals surface area contributed by atoms with Gasteiger partial charge in [-0.1, -0.05) is 28.9 Å². The van der Waals surface area contributed by atoms with Crippen LogP contribution in [0.3, 0.4) is 0 Å². The van der Waals surface area contributed by atoms with E-state index >= 15 is 0 Å². The molecule has 1 unspecified atom stereocenters. The Hall–Kier alpha value is -3.67. The fourth-order valence-electron chi connectivity index (χ4n) is 3.01. The van der Waals surface area contributed by atoms with Crippen molar-refractivity contribution in [3.63, 3.8) is 0 Å². The summed E-state index contributed by atoms with van der Waals surface area (Å²) in [7, 11) is 0. The zero-order valence-corrected chi connectivity index (χ0v) is 18.7. The number of hydrogen-bond acceptors (Lipinski definition) is 5. The van der Waals surface area contributed by atoms with E-state index in [1.165, 1.54) is 32.0 Å². The van der Waals surface area contributed by atoms with Crippen LogP contribution in [-0.4, -0.2) is 28.0 Å². The van der Waals surface area contributed by atoms with Crippen LogP contribution in [0.2, 0.25) is 5.02 Å². The van der Waals surface area contributed by atoms with Gasteiger partial charge in [0, 0.05) is 24.4 Å². The third-order valence-electron chi connectivity index (χ3n) is 4.62. The molecule has 0 aliphatic rings. The van der Waals surface area contributed by atoms with Crippen molar-refractivity contribution in [2.75, 3.05) is 0 Å². The van der Waals surface area contributed by atoms with Crippen molar-refractivity contribution in [2.45, 2.75) is 32.7 Å². The largest absolute Gasteiger partial charge is 0.339 e. The molecular weight excluding hydrogens is 482 g/mol. The van der Waals surface area contributed by atoms with Gasteiger partial charge in [0.25, 0.3) is 0 Å². The summed E-state index contributed by atoms with van der Waals surface area (Å²) in [5, 5.41) is 6.07. The molecule has 0 spiro atoms. The molecule has 34 heavy (non-hydrogen) atoms. The van der Waals surface area contributed by atoms with E-state index < -0.39 is 35.5 Å². The summed E-state index contributed by atoms with van der Waals surface area (Å²) in [6, 6.07) is 4.43. The van der Waals surface area contributed by atoms with E-state index in [1.54, 1.807) is 10.9 Å². The molecule has 0 radical (unpaired) electrons. The second kappa shape index (κ2) is 9.67. The second-order valence-electron chi connectivity index (χ2n) is 7.35. The molecule has 1 aromatic heterocycles. The first-order chi connectivity index (χ1) is 15.9. The summed E-state index contributed by atoms with van der Waals surface area (Å²) in [6.45, 7) is 3.32. The van der Waals surface area contributed by atoms with Gasteiger partial charge in [-0.05, 0) is 36.2 Å². The Morgan fingerprint density at radius 2 is 1.82 bits per heavy atom. The first-order valence-electron chi connectivity index (χ1n) is 9.71. The van der Waals surface area contributed by atoms with Crippen molar-refractivity contribution in [3.05, 3.63) is 58.4 Å². The average molecular weight is 500 g/mol. The highest BCUT2D eigenvalue weighted by Gasteiger charge is 2.32. The normalized spacial score (nSPS) is 12.2. The van der Waals surface area contributed by atoms with Gasteiger partial charge in [0.1, 0.15) is 11.6 Å². The summed E-state index contributed by atoms with van der Waals surface area (Å²) in [5.74, 6) is -6.75. The Kier molecular flexibility index (Phi) is 7.10. The lowest BCUT2D eigenvalue weighted by Crippen LogP contribution is -2.51. The van der Waals surface area contributed by atoms with Crippen LogP contribution >= 0.6 is 11.6 Å². The predicted octanol–water partition coefficient (Wildman–Crippen LogP) is 4.69. The van der Waals surface area contributed by atoms with Crippen LogP contribution in [0.5, 0.6) is 0 Å². The maximum Gasteiger partial charge on any atom is 0.333 e. The molecule has 0 fully saturated rings. The van der Waals surface area contributed by atoms with Crippen LogP contribution in [0.1, 0.15) is 31.3 Å². The molecule has 3 aromatic rings. The standard InChI is InChI=1S/C21H18ClF4N5O3/c1-9(27-20(33)30-29-19(32)21(3,25)26)13-5-4-11(6-15(13)23)14-7-12(22)8-16(24)17(14)18-28-10(2)34-31-18/h4-9H,1-3H3,(H,29,32)(H2,27,30,33). The van der Waals surface area contributed by atoms with Crippen molar-refractivity contribution in [1.82, 2.24) is 26.3 Å². The first-order valence-corrected chi connectivity index (χ1v) is 10.1. The highest BCUT2D eigenvalue weighted by Crippen LogP contribution is 2.36. The molecule has 0 bridgehead atoms. The van der Waals surface area contributed by atoms with Crippen LogP contribution in [0.25, 0.3) is 22.5 Å². The quantitative estimate of drug-likeness (QED) is 0.348. The molecule has 3 N–H and O–H groups in total. The number of nitrogens with zero attached hydrogens (tertiary/aromatic N) is 2. The number of halogens is 5. The zero-order valence-electron chi connectivity index (χ0n) is 18.0. The molecule has 180 valence electrons. The number of benzene rings is 2. The number of alkyl halides is 2. The maximum absolute atomic E-state index is 14.9. The SMILES string of the molecule is Cc1nc(-c2c(F)cc(Cl)cc2-c2ccc(C(C)NC(=O)NNC(=O)C(C)(F)F)c(F)c2)no1. The number of aromatic nitrogens is 2. The van der Waals surface area contributed by atoms with Crippen LogP contribution in [0, 0.1) is 18.6 Å². The summed E-state index contributed by atoms with van der Waals surface area (Å²) < 4.78 is 60.2. The molecule has 1 atom stereocenters. The van der Waals surface area contributed by atoms with E-state index in [-0.39, 0.29) is 39.0 Å². The van der Waals surface area contributed by atoms with Crippen molar-refractivity contribution in [3.8, 4) is 22.5 Å². The van der Waals surface area contributed by atoms with Crippen molar-refractivity contribution in [1.29, 1.82) is 0 Å². The minimum atomic E-state index is -3.69. The van der Waals surface area contributed by atoms with Gasteiger partial charge < -0.3 is 9.84 Å². The Balaban J connectivity index is 1.83. The number of rotatable bonds is 5. The van der Waals surface area contributed by atoms with Crippen molar-refractivity contribution >= 4 is 23.5 Å². The monoisotopic (exact) mass is 499 g/mol. The number of hydrogen-bond donors (Lipinski definition) is 3. The Labute approximate surface area is 195 Å². The lowest BCUT2D eigenvalue weighted by molar-refractivity contribution is -0.143. The van der Waals surface area contributed by atoms with Crippen molar-refractivity contribution < 1.29 is 31.7 Å². The Morgan fingerprint density at radius 1 is 1.12 bits per heavy atom. The summed E-state index contributed by atoms with van der Waals surface area (Å²) in [4.78, 5) is 27.0. The van der Waals surface area contributed by atoms with Gasteiger partial charge in [-0.2, -0.15) is 13.8 Å². The summed E-state index contributed by atoms with van der Waals surface area (Å²) >= 11 is 5.99. The van der Waals surface area contributed by atoms with E-state index in [2.05, 4.69) is 15.5 Å². The zero-order chi connectivity index (χ0) is 25.2. The second-order valence-corrected chi connectivity index (χ2v) is 7.78. The number of aryl methyl sites for hydroxylation is 1. The minimum absolute atomic E-state index is 0.0329. The highest BCUT2D eigenvalue weighted by atomic mass is 35.5. The topological polar surface area (TPSA) is 109 Å². The Bertz CT molecular complexity index is 1250. The summed E-state index contributed by atoms with van der Waals surface area (Å²) in [6.07, 6.45) is 0. The molecule has 8 nitrogen and oxygen atoms in total. The van der Waals surface area contributed by atoms with Crippen LogP contribution in [-0.2, 0) is 4.79 Å².